The largest absolute Gasteiger partial charge is 0.331 e. The summed E-state index contributed by atoms with van der Waals surface area (Å²) in [7, 11) is 0. The van der Waals surface area contributed by atoms with Crippen LogP contribution in [-0.4, -0.2) is 39.6 Å². The van der Waals surface area contributed by atoms with Gasteiger partial charge in [-0.2, -0.15) is 5.10 Å². The van der Waals surface area contributed by atoms with Gasteiger partial charge in [0.1, 0.15) is 0 Å². The lowest BCUT2D eigenvalue weighted by Crippen LogP contribution is -2.29. The van der Waals surface area contributed by atoms with Crippen molar-refractivity contribution in [1.29, 1.82) is 0 Å². The number of aromatic nitrogens is 2. The quantitative estimate of drug-likeness (QED) is 0.442. The molecule has 0 spiro atoms. The highest BCUT2D eigenvalue weighted by Gasteiger charge is 2.41. The van der Waals surface area contributed by atoms with Crippen LogP contribution in [-0.2, 0) is 19.4 Å². The summed E-state index contributed by atoms with van der Waals surface area (Å²) in [5.74, 6) is 0.501. The van der Waals surface area contributed by atoms with Crippen LogP contribution in [0.5, 0.6) is 0 Å². The van der Waals surface area contributed by atoms with Gasteiger partial charge in [-0.1, -0.05) is 23.7 Å². The standard InChI is InChI=1S/C25H25ClN6O2/c26-16-7-6-14-10-17(11-15(14)9-16)27-13-18-12-22(31-30-18)29-25(34)28-20-4-1-3-19-23(20)21-5-2-8-32(21)24(19)33/h1,3-4,6-7,9,12,17,21,27H,2,5,8,10-11,13H2,(H3,28,29,30,31,34)/t17?,21-/m1/s1. The van der Waals surface area contributed by atoms with Crippen molar-refractivity contribution in [3.8, 4) is 0 Å². The Balaban J connectivity index is 1.06. The third-order valence-corrected chi connectivity index (χ3v) is 7.22. The van der Waals surface area contributed by atoms with Gasteiger partial charge < -0.3 is 15.5 Å². The first kappa shape index (κ1) is 21.2. The van der Waals surface area contributed by atoms with Crippen LogP contribution >= 0.6 is 11.6 Å². The molecule has 0 saturated carbocycles. The highest BCUT2D eigenvalue weighted by Crippen LogP contribution is 2.44. The van der Waals surface area contributed by atoms with Crippen molar-refractivity contribution in [2.24, 2.45) is 0 Å². The summed E-state index contributed by atoms with van der Waals surface area (Å²) < 4.78 is 0. The van der Waals surface area contributed by atoms with Crippen LogP contribution in [0.15, 0.2) is 42.5 Å². The molecule has 174 valence electrons. The molecule has 4 N–H and O–H groups in total. The van der Waals surface area contributed by atoms with E-state index in [-0.39, 0.29) is 18.0 Å². The molecule has 1 aliphatic carbocycles. The summed E-state index contributed by atoms with van der Waals surface area (Å²) in [6.45, 7) is 1.39. The number of carbonyl (C=O) groups is 2. The molecule has 3 aromatic rings. The van der Waals surface area contributed by atoms with Gasteiger partial charge >= 0.3 is 6.03 Å². The minimum absolute atomic E-state index is 0.0551. The molecule has 3 amide bonds. The number of amides is 3. The lowest BCUT2D eigenvalue weighted by Gasteiger charge is -2.17. The first-order valence-electron chi connectivity index (χ1n) is 11.6. The van der Waals surface area contributed by atoms with Crippen LogP contribution in [0.1, 0.15) is 51.6 Å². The number of hydrogen-bond donors (Lipinski definition) is 4. The Bertz CT molecular complexity index is 1290. The molecule has 1 unspecified atom stereocenters. The molecule has 1 fully saturated rings. The first-order valence-corrected chi connectivity index (χ1v) is 12.0. The zero-order chi connectivity index (χ0) is 23.2. The van der Waals surface area contributed by atoms with Crippen molar-refractivity contribution < 1.29 is 9.59 Å². The lowest BCUT2D eigenvalue weighted by molar-refractivity contribution is 0.0776. The average Bonchev–Trinajstić information content (AvgIpc) is 3.59. The number of rotatable bonds is 5. The van der Waals surface area contributed by atoms with E-state index in [2.05, 4.69) is 32.2 Å². The molecule has 8 nitrogen and oxygen atoms in total. The van der Waals surface area contributed by atoms with Crippen LogP contribution in [0.4, 0.5) is 16.3 Å². The number of H-pyrrole nitrogens is 1. The summed E-state index contributed by atoms with van der Waals surface area (Å²) in [5, 5.41) is 17.2. The van der Waals surface area contributed by atoms with Gasteiger partial charge in [0.25, 0.3) is 5.91 Å². The molecule has 0 bridgehead atoms. The van der Waals surface area contributed by atoms with Crippen molar-refractivity contribution in [2.45, 2.75) is 44.3 Å². The van der Waals surface area contributed by atoms with Gasteiger partial charge in [-0.25, -0.2) is 4.79 Å². The van der Waals surface area contributed by atoms with Crippen LogP contribution < -0.4 is 16.0 Å². The summed E-state index contributed by atoms with van der Waals surface area (Å²) in [6.07, 6.45) is 3.82. The maximum atomic E-state index is 12.7. The van der Waals surface area contributed by atoms with Crippen molar-refractivity contribution in [3.63, 3.8) is 0 Å². The van der Waals surface area contributed by atoms with E-state index in [0.717, 1.165) is 48.5 Å². The van der Waals surface area contributed by atoms with Gasteiger partial charge in [0.05, 0.1) is 11.7 Å². The van der Waals surface area contributed by atoms with Crippen LogP contribution in [0.25, 0.3) is 0 Å². The highest BCUT2D eigenvalue weighted by atomic mass is 35.5. The second-order valence-electron chi connectivity index (χ2n) is 9.18. The van der Waals surface area contributed by atoms with E-state index in [0.29, 0.717) is 29.7 Å². The van der Waals surface area contributed by atoms with Crippen molar-refractivity contribution >= 4 is 35.0 Å². The van der Waals surface area contributed by atoms with Gasteiger partial charge in [0, 0.05) is 47.0 Å². The number of halogens is 1. The molecule has 3 aliphatic rings. The molecule has 2 aromatic carbocycles. The van der Waals surface area contributed by atoms with E-state index in [9.17, 15) is 9.59 Å². The second kappa shape index (κ2) is 8.45. The van der Waals surface area contributed by atoms with E-state index in [1.165, 1.54) is 11.1 Å². The minimum atomic E-state index is -0.383. The van der Waals surface area contributed by atoms with Crippen LogP contribution in [0.2, 0.25) is 5.02 Å². The number of carbonyl (C=O) groups excluding carboxylic acids is 2. The van der Waals surface area contributed by atoms with Gasteiger partial charge in [0.15, 0.2) is 5.82 Å². The van der Waals surface area contributed by atoms with E-state index in [1.54, 1.807) is 0 Å². The lowest BCUT2D eigenvalue weighted by atomic mass is 10.0. The number of urea groups is 1. The number of benzene rings is 2. The number of aromatic amines is 1. The molecule has 2 aliphatic heterocycles. The SMILES string of the molecule is O=C(Nc1cc(CNC2Cc3ccc(Cl)cc3C2)[nH]n1)Nc1cccc2c1[C@H]1CCCN1C2=O. The molecule has 3 heterocycles. The number of nitrogens with zero attached hydrogens (tertiary/aromatic N) is 2. The topological polar surface area (TPSA) is 102 Å². The van der Waals surface area contributed by atoms with E-state index in [4.69, 9.17) is 11.6 Å². The third-order valence-electron chi connectivity index (χ3n) is 6.99. The highest BCUT2D eigenvalue weighted by molar-refractivity contribution is 6.30. The summed E-state index contributed by atoms with van der Waals surface area (Å²) >= 11 is 6.11. The number of anilines is 2. The second-order valence-corrected chi connectivity index (χ2v) is 9.62. The molecule has 1 saturated heterocycles. The Morgan fingerprint density at radius 1 is 1.15 bits per heavy atom. The van der Waals surface area contributed by atoms with Crippen molar-refractivity contribution in [2.75, 3.05) is 17.2 Å². The predicted molar refractivity (Wildman–Crippen MR) is 130 cm³/mol. The Hall–Kier alpha value is -3.36. The van der Waals surface area contributed by atoms with Gasteiger partial charge in [-0.15, -0.1) is 0 Å². The van der Waals surface area contributed by atoms with Crippen molar-refractivity contribution in [3.05, 3.63) is 75.4 Å². The first-order chi connectivity index (χ1) is 16.5. The Morgan fingerprint density at radius 3 is 2.94 bits per heavy atom. The molecule has 2 atom stereocenters. The van der Waals surface area contributed by atoms with Crippen LogP contribution in [0.3, 0.4) is 0 Å². The average molecular weight is 477 g/mol. The molecule has 34 heavy (non-hydrogen) atoms. The number of hydrogen-bond acceptors (Lipinski definition) is 4. The predicted octanol–water partition coefficient (Wildman–Crippen LogP) is 4.25. The van der Waals surface area contributed by atoms with Crippen molar-refractivity contribution in [1.82, 2.24) is 20.4 Å². The Kier molecular flexibility index (Phi) is 5.27. The summed E-state index contributed by atoms with van der Waals surface area (Å²) in [5.41, 5.74) is 5.80. The third kappa shape index (κ3) is 3.82. The zero-order valence-electron chi connectivity index (χ0n) is 18.5. The van der Waals surface area contributed by atoms with Gasteiger partial charge in [0.2, 0.25) is 0 Å². The van der Waals surface area contributed by atoms with E-state index >= 15 is 0 Å². The summed E-state index contributed by atoms with van der Waals surface area (Å²) in [6, 6.07) is 13.4. The maximum absolute atomic E-state index is 12.7. The molecule has 0 radical (unpaired) electrons. The van der Waals surface area contributed by atoms with Crippen LogP contribution in [0, 0.1) is 0 Å². The number of nitrogens with one attached hydrogen (secondary N) is 4. The fourth-order valence-corrected chi connectivity index (χ4v) is 5.65. The van der Waals surface area contributed by atoms with E-state index in [1.807, 2.05) is 41.3 Å². The zero-order valence-corrected chi connectivity index (χ0v) is 19.3. The molecule has 6 rings (SSSR count). The Morgan fingerprint density at radius 2 is 2.03 bits per heavy atom. The van der Waals surface area contributed by atoms with E-state index < -0.39 is 0 Å². The smallest absolute Gasteiger partial charge is 0.324 e. The number of fused-ring (bicyclic) bond motifs is 4. The Labute approximate surface area is 202 Å². The molecular weight excluding hydrogens is 452 g/mol. The monoisotopic (exact) mass is 476 g/mol. The maximum Gasteiger partial charge on any atom is 0.324 e. The molecule has 9 heteroatoms. The minimum Gasteiger partial charge on any atom is -0.331 e. The van der Waals surface area contributed by atoms with Gasteiger partial charge in [-0.05, 0) is 61.1 Å². The van der Waals surface area contributed by atoms with Gasteiger partial charge in [-0.3, -0.25) is 15.2 Å². The fraction of sp³-hybridized carbons (Fsp3) is 0.320. The molecular formula is C25H25ClN6O2. The molecule has 1 aromatic heterocycles. The fourth-order valence-electron chi connectivity index (χ4n) is 5.46. The normalized spacial score (nSPS) is 20.3. The summed E-state index contributed by atoms with van der Waals surface area (Å²) in [4.78, 5) is 27.2.